The molecule has 0 saturated heterocycles. The minimum atomic E-state index is -0.306. The number of pyridine rings is 1. The van der Waals surface area contributed by atoms with E-state index < -0.39 is 0 Å². The van der Waals surface area contributed by atoms with Gasteiger partial charge < -0.3 is 10.6 Å². The van der Waals surface area contributed by atoms with Crippen LogP contribution in [0.3, 0.4) is 0 Å². The van der Waals surface area contributed by atoms with E-state index >= 15 is 0 Å². The van der Waals surface area contributed by atoms with Crippen molar-refractivity contribution in [2.45, 2.75) is 26.3 Å². The molecule has 33 heavy (non-hydrogen) atoms. The normalized spacial score (nSPS) is 11.1. The van der Waals surface area contributed by atoms with Gasteiger partial charge in [-0.15, -0.1) is 0 Å². The van der Waals surface area contributed by atoms with Gasteiger partial charge in [0, 0.05) is 34.9 Å². The Labute approximate surface area is 193 Å². The largest absolute Gasteiger partial charge is 0.323 e. The number of hydrogen-bond acceptors (Lipinski definition) is 4. The van der Waals surface area contributed by atoms with Gasteiger partial charge >= 0.3 is 6.03 Å². The van der Waals surface area contributed by atoms with E-state index in [-0.39, 0.29) is 11.6 Å². The fourth-order valence-corrected chi connectivity index (χ4v) is 3.37. The molecule has 2 aromatic carbocycles. The Morgan fingerprint density at radius 1 is 0.939 bits per heavy atom. The van der Waals surface area contributed by atoms with E-state index in [2.05, 4.69) is 48.1 Å². The minimum absolute atomic E-state index is 0.203. The van der Waals surface area contributed by atoms with Crippen LogP contribution in [0, 0.1) is 0 Å². The molecule has 0 unspecified atom stereocenters. The van der Waals surface area contributed by atoms with E-state index in [0.717, 1.165) is 28.1 Å². The zero-order valence-corrected chi connectivity index (χ0v) is 18.9. The summed E-state index contributed by atoms with van der Waals surface area (Å²) in [6, 6.07) is 20.5. The first-order valence-corrected chi connectivity index (χ1v) is 10.6. The Morgan fingerprint density at radius 3 is 2.39 bits per heavy atom. The lowest BCUT2D eigenvalue weighted by atomic mass is 10.0. The van der Waals surface area contributed by atoms with Gasteiger partial charge in [0.25, 0.3) is 0 Å². The first-order valence-electron chi connectivity index (χ1n) is 10.6. The molecule has 0 aliphatic rings. The number of hydrogen-bond donors (Lipinski definition) is 2. The predicted octanol–water partition coefficient (Wildman–Crippen LogP) is 6.34. The maximum Gasteiger partial charge on any atom is 0.323 e. The quantitative estimate of drug-likeness (QED) is 0.356. The highest BCUT2D eigenvalue weighted by atomic mass is 16.2. The van der Waals surface area contributed by atoms with E-state index in [1.165, 1.54) is 0 Å². The lowest BCUT2D eigenvalue weighted by Gasteiger charge is -2.18. The number of para-hydroxylation sites is 1. The Kier molecular flexibility index (Phi) is 6.04. The van der Waals surface area contributed by atoms with Crippen LogP contribution in [0.25, 0.3) is 22.4 Å². The second-order valence-electron chi connectivity index (χ2n) is 8.59. The molecule has 7 heteroatoms. The number of aromatic nitrogens is 3. The molecule has 4 rings (SSSR count). The van der Waals surface area contributed by atoms with Crippen LogP contribution in [0.1, 0.15) is 20.8 Å². The van der Waals surface area contributed by atoms with Crippen molar-refractivity contribution in [2.24, 2.45) is 4.99 Å². The van der Waals surface area contributed by atoms with Crippen molar-refractivity contribution >= 4 is 29.9 Å². The molecule has 0 aliphatic heterocycles. The minimum Gasteiger partial charge on any atom is -0.308 e. The number of urea groups is 1. The monoisotopic (exact) mass is 438 g/mol. The van der Waals surface area contributed by atoms with Crippen LogP contribution in [0.4, 0.5) is 22.0 Å². The van der Waals surface area contributed by atoms with E-state index in [4.69, 9.17) is 5.10 Å². The maximum absolute atomic E-state index is 12.5. The van der Waals surface area contributed by atoms with Crippen LogP contribution in [-0.2, 0) is 5.54 Å². The summed E-state index contributed by atoms with van der Waals surface area (Å²) >= 11 is 0. The van der Waals surface area contributed by atoms with Crippen LogP contribution >= 0.6 is 0 Å². The van der Waals surface area contributed by atoms with Gasteiger partial charge in [-0.05, 0) is 69.5 Å². The van der Waals surface area contributed by atoms with E-state index in [1.54, 1.807) is 6.20 Å². The second-order valence-corrected chi connectivity index (χ2v) is 8.59. The van der Waals surface area contributed by atoms with E-state index in [1.807, 2.05) is 77.6 Å². The smallest absolute Gasteiger partial charge is 0.308 e. The van der Waals surface area contributed by atoms with Crippen molar-refractivity contribution in [3.8, 4) is 22.4 Å². The molecule has 0 atom stereocenters. The number of benzene rings is 2. The van der Waals surface area contributed by atoms with Gasteiger partial charge in [-0.1, -0.05) is 30.3 Å². The molecule has 166 valence electrons. The zero-order chi connectivity index (χ0) is 23.4. The molecular formula is C26H26N6O. The number of amides is 2. The maximum atomic E-state index is 12.5. The van der Waals surface area contributed by atoms with E-state index in [9.17, 15) is 4.79 Å². The molecular weight excluding hydrogens is 412 g/mol. The highest BCUT2D eigenvalue weighted by Crippen LogP contribution is 2.34. The van der Waals surface area contributed by atoms with Gasteiger partial charge in [0.2, 0.25) is 0 Å². The average molecular weight is 439 g/mol. The van der Waals surface area contributed by atoms with Gasteiger partial charge in [-0.25, -0.2) is 14.8 Å². The molecule has 0 aliphatic carbocycles. The van der Waals surface area contributed by atoms with Gasteiger partial charge in [-0.3, -0.25) is 4.68 Å². The molecule has 2 aromatic heterocycles. The third-order valence-electron chi connectivity index (χ3n) is 5.05. The van der Waals surface area contributed by atoms with Gasteiger partial charge in [0.15, 0.2) is 5.82 Å². The number of aliphatic imine (C=N–C) groups is 1. The van der Waals surface area contributed by atoms with Crippen LogP contribution in [0.2, 0.25) is 0 Å². The molecule has 7 nitrogen and oxygen atoms in total. The molecule has 2 N–H and O–H groups in total. The van der Waals surface area contributed by atoms with Crippen LogP contribution < -0.4 is 10.6 Å². The predicted molar refractivity (Wildman–Crippen MR) is 134 cm³/mol. The highest BCUT2D eigenvalue weighted by molar-refractivity contribution is 6.00. The summed E-state index contributed by atoms with van der Waals surface area (Å²) in [5.74, 6) is 0.539. The summed E-state index contributed by atoms with van der Waals surface area (Å²) in [5, 5.41) is 10.6. The topological polar surface area (TPSA) is 84.2 Å². The first kappa shape index (κ1) is 22.0. The molecule has 0 saturated carbocycles. The molecule has 4 aromatic rings. The Bertz CT molecular complexity index is 1290. The summed E-state index contributed by atoms with van der Waals surface area (Å²) in [4.78, 5) is 20.6. The number of carbonyl (C=O) groups is 1. The number of carbonyl (C=O) groups excluding carboxylic acids is 1. The third-order valence-corrected chi connectivity index (χ3v) is 5.05. The van der Waals surface area contributed by atoms with Gasteiger partial charge in [0.1, 0.15) is 5.69 Å². The summed E-state index contributed by atoms with van der Waals surface area (Å²) in [7, 11) is 0. The SMILES string of the molecule is C=Nc1cc(-c2nn(C(C)(C)C)cc2-c2cccc(NC(=O)Nc3ccccc3)c2)ccn1. The van der Waals surface area contributed by atoms with Crippen molar-refractivity contribution in [3.05, 3.63) is 79.1 Å². The molecule has 2 heterocycles. The average Bonchev–Trinajstić information content (AvgIpc) is 3.26. The van der Waals surface area contributed by atoms with Crippen LogP contribution in [0.5, 0.6) is 0 Å². The second kappa shape index (κ2) is 9.08. The van der Waals surface area contributed by atoms with Crippen molar-refractivity contribution in [1.82, 2.24) is 14.8 Å². The summed E-state index contributed by atoms with van der Waals surface area (Å²) in [6.07, 6.45) is 3.73. The number of nitrogens with one attached hydrogen (secondary N) is 2. The zero-order valence-electron chi connectivity index (χ0n) is 18.9. The number of rotatable bonds is 5. The van der Waals surface area contributed by atoms with Gasteiger partial charge in [-0.2, -0.15) is 5.10 Å². The van der Waals surface area contributed by atoms with Crippen molar-refractivity contribution in [3.63, 3.8) is 0 Å². The number of nitrogens with zero attached hydrogens (tertiary/aromatic N) is 4. The molecule has 0 radical (unpaired) electrons. The molecule has 0 bridgehead atoms. The van der Waals surface area contributed by atoms with Crippen LogP contribution in [-0.4, -0.2) is 27.5 Å². The standard InChI is InChI=1S/C26H26N6O/c1-26(2,3)32-17-22(24(31-32)19-13-14-28-23(16-19)27-4)18-9-8-12-21(15-18)30-25(33)29-20-10-6-5-7-11-20/h5-17H,4H2,1-3H3,(H2,29,30,33). The van der Waals surface area contributed by atoms with Crippen molar-refractivity contribution < 1.29 is 4.79 Å². The van der Waals surface area contributed by atoms with Crippen molar-refractivity contribution in [1.29, 1.82) is 0 Å². The van der Waals surface area contributed by atoms with Crippen LogP contribution in [0.15, 0.2) is 84.1 Å². The summed E-state index contributed by atoms with van der Waals surface area (Å²) < 4.78 is 1.95. The number of anilines is 2. The molecule has 2 amide bonds. The summed E-state index contributed by atoms with van der Waals surface area (Å²) in [6.45, 7) is 9.88. The van der Waals surface area contributed by atoms with Crippen molar-refractivity contribution in [2.75, 3.05) is 10.6 Å². The lowest BCUT2D eigenvalue weighted by Crippen LogP contribution is -2.22. The fraction of sp³-hybridized carbons (Fsp3) is 0.154. The molecule has 0 fully saturated rings. The Morgan fingerprint density at radius 2 is 1.67 bits per heavy atom. The highest BCUT2D eigenvalue weighted by Gasteiger charge is 2.20. The fourth-order valence-electron chi connectivity index (χ4n) is 3.37. The third kappa shape index (κ3) is 5.15. The van der Waals surface area contributed by atoms with E-state index in [0.29, 0.717) is 11.5 Å². The summed E-state index contributed by atoms with van der Waals surface area (Å²) in [5.41, 5.74) is 4.78. The van der Waals surface area contributed by atoms with Gasteiger partial charge in [0.05, 0.1) is 5.54 Å². The molecule has 0 spiro atoms. The lowest BCUT2D eigenvalue weighted by molar-refractivity contribution is 0.262. The Hall–Kier alpha value is -4.26. The Balaban J connectivity index is 1.69. The first-order chi connectivity index (χ1) is 15.8.